The summed E-state index contributed by atoms with van der Waals surface area (Å²) in [6.45, 7) is 6.70. The van der Waals surface area contributed by atoms with Crippen molar-refractivity contribution in [2.75, 3.05) is 5.32 Å². The van der Waals surface area contributed by atoms with Gasteiger partial charge in [-0.25, -0.2) is 9.97 Å². The van der Waals surface area contributed by atoms with E-state index in [0.717, 1.165) is 28.5 Å². The first-order valence-corrected chi connectivity index (χ1v) is 7.15. The van der Waals surface area contributed by atoms with Crippen LogP contribution in [-0.2, 0) is 0 Å². The Morgan fingerprint density at radius 3 is 2.37 bits per heavy atom. The van der Waals surface area contributed by atoms with Gasteiger partial charge in [-0.05, 0) is 43.7 Å². The van der Waals surface area contributed by atoms with E-state index in [2.05, 4.69) is 24.1 Å². The summed E-state index contributed by atoms with van der Waals surface area (Å²) in [6, 6.07) is 8.58. The number of hydrogen-bond acceptors (Lipinski definition) is 3. The molecule has 1 aliphatic carbocycles. The van der Waals surface area contributed by atoms with Gasteiger partial charge in [0.1, 0.15) is 5.82 Å². The molecule has 1 N–H and O–H groups in total. The first kappa shape index (κ1) is 12.4. The zero-order chi connectivity index (χ0) is 13.4. The number of nitrogens with zero attached hydrogens (tertiary/aromatic N) is 2. The Bertz CT molecular complexity index is 594. The molecule has 1 saturated carbocycles. The third-order valence-corrected chi connectivity index (χ3v) is 4.53. The van der Waals surface area contributed by atoms with Crippen LogP contribution < -0.4 is 5.32 Å². The van der Waals surface area contributed by atoms with Crippen LogP contribution in [0.15, 0.2) is 24.3 Å². The molecule has 3 nitrogen and oxygen atoms in total. The summed E-state index contributed by atoms with van der Waals surface area (Å²) >= 11 is 0. The van der Waals surface area contributed by atoms with E-state index < -0.39 is 0 Å². The molecule has 2 aromatic rings. The molecule has 1 fully saturated rings. The van der Waals surface area contributed by atoms with Crippen molar-refractivity contribution in [3.05, 3.63) is 30.0 Å². The second-order valence-corrected chi connectivity index (χ2v) is 5.81. The fourth-order valence-electron chi connectivity index (χ4n) is 2.97. The first-order chi connectivity index (χ1) is 9.15. The molecule has 0 spiro atoms. The van der Waals surface area contributed by atoms with Crippen molar-refractivity contribution in [1.29, 1.82) is 0 Å². The molecule has 0 radical (unpaired) electrons. The Labute approximate surface area is 114 Å². The van der Waals surface area contributed by atoms with Crippen LogP contribution in [0.25, 0.3) is 11.0 Å². The number of aromatic nitrogens is 2. The molecule has 3 atom stereocenters. The predicted molar refractivity (Wildman–Crippen MR) is 79.2 cm³/mol. The van der Waals surface area contributed by atoms with Gasteiger partial charge in [0, 0.05) is 6.04 Å². The molecule has 0 bridgehead atoms. The molecule has 100 valence electrons. The Morgan fingerprint density at radius 2 is 1.74 bits per heavy atom. The van der Waals surface area contributed by atoms with Crippen LogP contribution in [0.3, 0.4) is 0 Å². The third-order valence-electron chi connectivity index (χ3n) is 4.53. The van der Waals surface area contributed by atoms with Gasteiger partial charge in [0.25, 0.3) is 0 Å². The van der Waals surface area contributed by atoms with Crippen LogP contribution in [-0.4, -0.2) is 16.0 Å². The number of benzene rings is 1. The lowest BCUT2D eigenvalue weighted by molar-refractivity contribution is 0.435. The molecule has 0 amide bonds. The van der Waals surface area contributed by atoms with Crippen molar-refractivity contribution in [2.24, 2.45) is 11.8 Å². The van der Waals surface area contributed by atoms with Crippen LogP contribution in [0.2, 0.25) is 0 Å². The van der Waals surface area contributed by atoms with E-state index in [1.165, 1.54) is 12.8 Å². The predicted octanol–water partition coefficient (Wildman–Crippen LogP) is 3.78. The SMILES string of the molecule is Cc1nc2ccccc2nc1NC1CCC(C)C1C. The molecular weight excluding hydrogens is 234 g/mol. The minimum Gasteiger partial charge on any atom is -0.366 e. The van der Waals surface area contributed by atoms with Gasteiger partial charge in [0.2, 0.25) is 0 Å². The lowest BCUT2D eigenvalue weighted by Gasteiger charge is -2.21. The van der Waals surface area contributed by atoms with E-state index in [9.17, 15) is 0 Å². The van der Waals surface area contributed by atoms with Gasteiger partial charge >= 0.3 is 0 Å². The van der Waals surface area contributed by atoms with E-state index in [1.807, 2.05) is 31.2 Å². The van der Waals surface area contributed by atoms with Crippen molar-refractivity contribution in [3.63, 3.8) is 0 Å². The molecule has 3 rings (SSSR count). The summed E-state index contributed by atoms with van der Waals surface area (Å²) < 4.78 is 0. The Kier molecular flexibility index (Phi) is 3.13. The summed E-state index contributed by atoms with van der Waals surface area (Å²) in [6.07, 6.45) is 2.54. The monoisotopic (exact) mass is 255 g/mol. The molecule has 0 aliphatic heterocycles. The van der Waals surface area contributed by atoms with E-state index in [0.29, 0.717) is 12.0 Å². The number of aryl methyl sites for hydroxylation is 1. The summed E-state index contributed by atoms with van der Waals surface area (Å²) in [4.78, 5) is 9.36. The molecule has 3 heteroatoms. The van der Waals surface area contributed by atoms with Gasteiger partial charge in [0.05, 0.1) is 16.7 Å². The van der Waals surface area contributed by atoms with E-state index in [-0.39, 0.29) is 0 Å². The Morgan fingerprint density at radius 1 is 1.05 bits per heavy atom. The van der Waals surface area contributed by atoms with Crippen molar-refractivity contribution in [3.8, 4) is 0 Å². The van der Waals surface area contributed by atoms with E-state index in [4.69, 9.17) is 4.98 Å². The molecule has 1 aromatic heterocycles. The first-order valence-electron chi connectivity index (χ1n) is 7.15. The number of hydrogen-bond donors (Lipinski definition) is 1. The number of para-hydroxylation sites is 2. The van der Waals surface area contributed by atoms with Crippen molar-refractivity contribution >= 4 is 16.9 Å². The molecule has 1 heterocycles. The van der Waals surface area contributed by atoms with Crippen LogP contribution in [0.5, 0.6) is 0 Å². The fourth-order valence-corrected chi connectivity index (χ4v) is 2.97. The lowest BCUT2D eigenvalue weighted by atomic mass is 9.98. The van der Waals surface area contributed by atoms with Crippen LogP contribution in [0, 0.1) is 18.8 Å². The quantitative estimate of drug-likeness (QED) is 0.887. The largest absolute Gasteiger partial charge is 0.366 e. The average molecular weight is 255 g/mol. The van der Waals surface area contributed by atoms with Gasteiger partial charge in [-0.15, -0.1) is 0 Å². The maximum absolute atomic E-state index is 4.72. The highest BCUT2D eigenvalue weighted by Crippen LogP contribution is 2.33. The number of fused-ring (bicyclic) bond motifs is 1. The standard InChI is InChI=1S/C16H21N3/c1-10-8-9-13(11(10)2)18-16-12(3)17-14-6-4-5-7-15(14)19-16/h4-7,10-11,13H,8-9H2,1-3H3,(H,18,19). The minimum absolute atomic E-state index is 0.532. The minimum atomic E-state index is 0.532. The summed E-state index contributed by atoms with van der Waals surface area (Å²) in [7, 11) is 0. The second-order valence-electron chi connectivity index (χ2n) is 5.81. The van der Waals surface area contributed by atoms with Gasteiger partial charge in [-0.2, -0.15) is 0 Å². The zero-order valence-corrected chi connectivity index (χ0v) is 11.9. The van der Waals surface area contributed by atoms with E-state index >= 15 is 0 Å². The maximum atomic E-state index is 4.72. The highest BCUT2D eigenvalue weighted by Gasteiger charge is 2.30. The normalized spacial score (nSPS) is 26.8. The Hall–Kier alpha value is -1.64. The highest BCUT2D eigenvalue weighted by molar-refractivity contribution is 5.76. The highest BCUT2D eigenvalue weighted by atomic mass is 15.1. The Balaban J connectivity index is 1.90. The molecule has 19 heavy (non-hydrogen) atoms. The molecular formula is C16H21N3. The molecule has 0 saturated heterocycles. The van der Waals surface area contributed by atoms with Gasteiger partial charge in [0.15, 0.2) is 0 Å². The number of rotatable bonds is 2. The van der Waals surface area contributed by atoms with Crippen LogP contribution in [0.1, 0.15) is 32.4 Å². The molecule has 1 aromatic carbocycles. The number of anilines is 1. The van der Waals surface area contributed by atoms with Crippen molar-refractivity contribution < 1.29 is 0 Å². The zero-order valence-electron chi connectivity index (χ0n) is 11.9. The third kappa shape index (κ3) is 2.29. The van der Waals surface area contributed by atoms with Gasteiger partial charge < -0.3 is 5.32 Å². The summed E-state index contributed by atoms with van der Waals surface area (Å²) in [5.41, 5.74) is 2.93. The van der Waals surface area contributed by atoms with Crippen molar-refractivity contribution in [1.82, 2.24) is 9.97 Å². The van der Waals surface area contributed by atoms with Crippen LogP contribution in [0.4, 0.5) is 5.82 Å². The summed E-state index contributed by atoms with van der Waals surface area (Å²) in [5, 5.41) is 3.61. The number of nitrogens with one attached hydrogen (secondary N) is 1. The summed E-state index contributed by atoms with van der Waals surface area (Å²) in [5.74, 6) is 2.45. The maximum Gasteiger partial charge on any atom is 0.148 e. The smallest absolute Gasteiger partial charge is 0.148 e. The lowest BCUT2D eigenvalue weighted by Crippen LogP contribution is -2.25. The second kappa shape index (κ2) is 4.80. The average Bonchev–Trinajstić information content (AvgIpc) is 2.71. The van der Waals surface area contributed by atoms with Crippen molar-refractivity contribution in [2.45, 2.75) is 39.7 Å². The molecule has 1 aliphatic rings. The van der Waals surface area contributed by atoms with E-state index in [1.54, 1.807) is 0 Å². The van der Waals surface area contributed by atoms with Gasteiger partial charge in [-0.3, -0.25) is 0 Å². The molecule has 3 unspecified atom stereocenters. The van der Waals surface area contributed by atoms with Gasteiger partial charge in [-0.1, -0.05) is 26.0 Å². The van der Waals surface area contributed by atoms with Crippen LogP contribution >= 0.6 is 0 Å². The fraction of sp³-hybridized carbons (Fsp3) is 0.500. The topological polar surface area (TPSA) is 37.8 Å².